The van der Waals surface area contributed by atoms with Crippen LogP contribution in [0.4, 0.5) is 0 Å². The maximum Gasteiger partial charge on any atom is 0.237 e. The minimum absolute atomic E-state index is 0.0262. The van der Waals surface area contributed by atoms with Crippen LogP contribution < -0.4 is 10.6 Å². The summed E-state index contributed by atoms with van der Waals surface area (Å²) in [6.07, 6.45) is 4.05. The Morgan fingerprint density at radius 1 is 1.57 bits per heavy atom. The average molecular weight is 194 g/mol. The van der Waals surface area contributed by atoms with Crippen molar-refractivity contribution in [2.75, 3.05) is 13.1 Å². The summed E-state index contributed by atoms with van der Waals surface area (Å²) in [5.74, 6) is 5.85. The normalized spacial score (nSPS) is 20.8. The van der Waals surface area contributed by atoms with Crippen LogP contribution in [-0.2, 0) is 4.79 Å². The Labute approximate surface area is 85.6 Å². The molecule has 1 atom stereocenters. The summed E-state index contributed by atoms with van der Waals surface area (Å²) in [5.41, 5.74) is 0. The van der Waals surface area contributed by atoms with Gasteiger partial charge in [-0.3, -0.25) is 4.79 Å². The third-order valence-electron chi connectivity index (χ3n) is 2.35. The molecule has 1 unspecified atom stereocenters. The van der Waals surface area contributed by atoms with Gasteiger partial charge in [-0.25, -0.2) is 0 Å². The molecule has 0 saturated carbocycles. The number of hydrogen-bond acceptors (Lipinski definition) is 2. The summed E-state index contributed by atoms with van der Waals surface area (Å²) in [7, 11) is 0. The van der Waals surface area contributed by atoms with Gasteiger partial charge in [0.05, 0.1) is 6.04 Å². The number of amides is 1. The van der Waals surface area contributed by atoms with E-state index in [0.717, 1.165) is 25.8 Å². The SMILES string of the molecule is CC#CCCNC(=O)C1CCCCN1. The van der Waals surface area contributed by atoms with E-state index in [1.807, 2.05) is 6.92 Å². The molecule has 1 aliphatic heterocycles. The summed E-state index contributed by atoms with van der Waals surface area (Å²) < 4.78 is 0. The van der Waals surface area contributed by atoms with Gasteiger partial charge in [-0.05, 0) is 26.3 Å². The van der Waals surface area contributed by atoms with Gasteiger partial charge in [0, 0.05) is 13.0 Å². The molecule has 1 heterocycles. The number of carbonyl (C=O) groups excluding carboxylic acids is 1. The Morgan fingerprint density at radius 3 is 3.07 bits per heavy atom. The molecule has 1 rings (SSSR count). The molecule has 0 aliphatic carbocycles. The van der Waals surface area contributed by atoms with Gasteiger partial charge < -0.3 is 10.6 Å². The maximum absolute atomic E-state index is 11.5. The highest BCUT2D eigenvalue weighted by Crippen LogP contribution is 2.06. The molecule has 1 aliphatic rings. The van der Waals surface area contributed by atoms with Crippen LogP contribution in [0.2, 0.25) is 0 Å². The van der Waals surface area contributed by atoms with Gasteiger partial charge in [-0.15, -0.1) is 11.8 Å². The number of rotatable bonds is 3. The van der Waals surface area contributed by atoms with Gasteiger partial charge in [0.25, 0.3) is 0 Å². The van der Waals surface area contributed by atoms with E-state index in [0.29, 0.717) is 6.54 Å². The molecule has 3 nitrogen and oxygen atoms in total. The fourth-order valence-corrected chi connectivity index (χ4v) is 1.57. The molecule has 0 radical (unpaired) electrons. The first-order valence-electron chi connectivity index (χ1n) is 5.25. The van der Waals surface area contributed by atoms with E-state index in [9.17, 15) is 4.79 Å². The Hall–Kier alpha value is -1.01. The highest BCUT2D eigenvalue weighted by atomic mass is 16.2. The predicted octanol–water partition coefficient (Wildman–Crippen LogP) is 0.658. The van der Waals surface area contributed by atoms with Crippen LogP contribution >= 0.6 is 0 Å². The van der Waals surface area contributed by atoms with Crippen LogP contribution in [0.25, 0.3) is 0 Å². The summed E-state index contributed by atoms with van der Waals surface area (Å²) >= 11 is 0. The summed E-state index contributed by atoms with van der Waals surface area (Å²) in [6, 6.07) is 0.0262. The number of piperidine rings is 1. The van der Waals surface area contributed by atoms with E-state index in [4.69, 9.17) is 0 Å². The average Bonchev–Trinajstić information content (AvgIpc) is 2.25. The molecule has 0 aromatic heterocycles. The first-order chi connectivity index (χ1) is 6.84. The molecular formula is C11H18N2O. The summed E-state index contributed by atoms with van der Waals surface area (Å²) in [4.78, 5) is 11.5. The van der Waals surface area contributed by atoms with Crippen molar-refractivity contribution >= 4 is 5.91 Å². The zero-order valence-electron chi connectivity index (χ0n) is 8.73. The number of nitrogens with one attached hydrogen (secondary N) is 2. The molecule has 1 fully saturated rings. The second-order valence-electron chi connectivity index (χ2n) is 3.47. The van der Waals surface area contributed by atoms with Crippen LogP contribution in [-0.4, -0.2) is 25.0 Å². The zero-order chi connectivity index (χ0) is 10.2. The fraction of sp³-hybridized carbons (Fsp3) is 0.727. The van der Waals surface area contributed by atoms with E-state index >= 15 is 0 Å². The van der Waals surface area contributed by atoms with E-state index in [1.165, 1.54) is 6.42 Å². The Kier molecular flexibility index (Phi) is 5.09. The molecule has 14 heavy (non-hydrogen) atoms. The van der Waals surface area contributed by atoms with Crippen LogP contribution in [0.1, 0.15) is 32.6 Å². The molecular weight excluding hydrogens is 176 g/mol. The molecule has 0 bridgehead atoms. The smallest absolute Gasteiger partial charge is 0.237 e. The van der Waals surface area contributed by atoms with Crippen molar-refractivity contribution in [3.05, 3.63) is 0 Å². The first kappa shape index (κ1) is 11.1. The van der Waals surface area contributed by atoms with E-state index in [1.54, 1.807) is 0 Å². The third-order valence-corrected chi connectivity index (χ3v) is 2.35. The lowest BCUT2D eigenvalue weighted by Gasteiger charge is -2.22. The predicted molar refractivity (Wildman–Crippen MR) is 56.7 cm³/mol. The largest absolute Gasteiger partial charge is 0.354 e. The second-order valence-corrected chi connectivity index (χ2v) is 3.47. The third kappa shape index (κ3) is 3.80. The van der Waals surface area contributed by atoms with Crippen molar-refractivity contribution in [3.63, 3.8) is 0 Å². The van der Waals surface area contributed by atoms with Crippen molar-refractivity contribution < 1.29 is 4.79 Å². The van der Waals surface area contributed by atoms with Crippen LogP contribution in [0.15, 0.2) is 0 Å². The summed E-state index contributed by atoms with van der Waals surface area (Å²) in [5, 5.41) is 6.09. The molecule has 0 aromatic carbocycles. The quantitative estimate of drug-likeness (QED) is 0.512. The van der Waals surface area contributed by atoms with Crippen molar-refractivity contribution in [2.24, 2.45) is 0 Å². The van der Waals surface area contributed by atoms with Crippen LogP contribution in [0.5, 0.6) is 0 Å². The van der Waals surface area contributed by atoms with Crippen LogP contribution in [0, 0.1) is 11.8 Å². The Morgan fingerprint density at radius 2 is 2.43 bits per heavy atom. The van der Waals surface area contributed by atoms with Crippen molar-refractivity contribution in [1.82, 2.24) is 10.6 Å². The minimum Gasteiger partial charge on any atom is -0.354 e. The van der Waals surface area contributed by atoms with Crippen molar-refractivity contribution in [3.8, 4) is 11.8 Å². The number of carbonyl (C=O) groups is 1. The topological polar surface area (TPSA) is 41.1 Å². The van der Waals surface area contributed by atoms with E-state index in [2.05, 4.69) is 22.5 Å². The van der Waals surface area contributed by atoms with Gasteiger partial charge in [0.1, 0.15) is 0 Å². The highest BCUT2D eigenvalue weighted by Gasteiger charge is 2.19. The van der Waals surface area contributed by atoms with Crippen LogP contribution in [0.3, 0.4) is 0 Å². The Balaban J connectivity index is 2.15. The highest BCUT2D eigenvalue weighted by molar-refractivity contribution is 5.81. The van der Waals surface area contributed by atoms with E-state index < -0.39 is 0 Å². The number of hydrogen-bond donors (Lipinski definition) is 2. The first-order valence-corrected chi connectivity index (χ1v) is 5.25. The molecule has 78 valence electrons. The molecule has 0 spiro atoms. The van der Waals surface area contributed by atoms with Gasteiger partial charge in [-0.2, -0.15) is 0 Å². The molecule has 1 saturated heterocycles. The molecule has 0 aromatic rings. The minimum atomic E-state index is 0.0262. The zero-order valence-corrected chi connectivity index (χ0v) is 8.73. The second kappa shape index (κ2) is 6.44. The van der Waals surface area contributed by atoms with Gasteiger partial charge >= 0.3 is 0 Å². The standard InChI is InChI=1S/C11H18N2O/c1-2-3-5-9-13-11(14)10-7-4-6-8-12-10/h10,12H,4-9H2,1H3,(H,13,14). The molecule has 3 heteroatoms. The summed E-state index contributed by atoms with van der Waals surface area (Å²) in [6.45, 7) is 3.44. The van der Waals surface area contributed by atoms with Gasteiger partial charge in [0.2, 0.25) is 5.91 Å². The monoisotopic (exact) mass is 194 g/mol. The van der Waals surface area contributed by atoms with Gasteiger partial charge in [-0.1, -0.05) is 6.42 Å². The maximum atomic E-state index is 11.5. The van der Waals surface area contributed by atoms with Crippen molar-refractivity contribution in [1.29, 1.82) is 0 Å². The van der Waals surface area contributed by atoms with Gasteiger partial charge in [0.15, 0.2) is 0 Å². The van der Waals surface area contributed by atoms with Crippen molar-refractivity contribution in [2.45, 2.75) is 38.6 Å². The molecule has 1 amide bonds. The fourth-order valence-electron chi connectivity index (χ4n) is 1.57. The Bertz CT molecular complexity index is 233. The lowest BCUT2D eigenvalue weighted by molar-refractivity contribution is -0.123. The lowest BCUT2D eigenvalue weighted by atomic mass is 10.0. The lowest BCUT2D eigenvalue weighted by Crippen LogP contribution is -2.46. The molecule has 2 N–H and O–H groups in total. The van der Waals surface area contributed by atoms with E-state index in [-0.39, 0.29) is 11.9 Å².